The summed E-state index contributed by atoms with van der Waals surface area (Å²) in [5.41, 5.74) is 7.61. The maximum absolute atomic E-state index is 11.5. The second-order valence-electron chi connectivity index (χ2n) is 3.11. The van der Waals surface area contributed by atoms with Crippen molar-refractivity contribution in [2.75, 3.05) is 11.1 Å². The molecule has 0 radical (unpaired) electrons. The SMILES string of the molecule is Cc1n[nH]c(C)c1NC(=O)CSC(N)=NN. The van der Waals surface area contributed by atoms with Crippen LogP contribution in [0.5, 0.6) is 0 Å². The molecular formula is C8H14N6OS. The van der Waals surface area contributed by atoms with Crippen molar-refractivity contribution in [2.45, 2.75) is 13.8 Å². The van der Waals surface area contributed by atoms with E-state index in [0.717, 1.165) is 23.1 Å². The van der Waals surface area contributed by atoms with Crippen molar-refractivity contribution in [1.82, 2.24) is 10.2 Å². The number of hydrogen-bond donors (Lipinski definition) is 4. The predicted molar refractivity (Wildman–Crippen MR) is 65.0 cm³/mol. The maximum atomic E-state index is 11.5. The first-order valence-electron chi connectivity index (χ1n) is 4.52. The minimum atomic E-state index is -0.177. The van der Waals surface area contributed by atoms with Crippen LogP contribution in [0.4, 0.5) is 5.69 Å². The van der Waals surface area contributed by atoms with Crippen LogP contribution in [-0.4, -0.2) is 27.0 Å². The van der Waals surface area contributed by atoms with E-state index in [1.165, 1.54) is 0 Å². The third kappa shape index (κ3) is 3.16. The molecule has 1 heterocycles. The molecule has 0 spiro atoms. The van der Waals surface area contributed by atoms with Crippen molar-refractivity contribution in [1.29, 1.82) is 0 Å². The Labute approximate surface area is 97.0 Å². The summed E-state index contributed by atoms with van der Waals surface area (Å²) in [7, 11) is 0. The number of nitrogens with zero attached hydrogens (tertiary/aromatic N) is 2. The zero-order valence-corrected chi connectivity index (χ0v) is 9.89. The van der Waals surface area contributed by atoms with E-state index >= 15 is 0 Å². The first-order chi connectivity index (χ1) is 7.54. The minimum Gasteiger partial charge on any atom is -0.377 e. The molecule has 0 aliphatic carbocycles. The van der Waals surface area contributed by atoms with E-state index in [2.05, 4.69) is 20.6 Å². The summed E-state index contributed by atoms with van der Waals surface area (Å²) in [6.45, 7) is 3.64. The fraction of sp³-hybridized carbons (Fsp3) is 0.375. The van der Waals surface area contributed by atoms with Crippen LogP contribution in [0.3, 0.4) is 0 Å². The second kappa shape index (κ2) is 5.40. The molecule has 0 bridgehead atoms. The summed E-state index contributed by atoms with van der Waals surface area (Å²) >= 11 is 1.08. The number of hydrogen-bond acceptors (Lipinski definition) is 5. The van der Waals surface area contributed by atoms with Crippen LogP contribution < -0.4 is 16.9 Å². The van der Waals surface area contributed by atoms with E-state index in [4.69, 9.17) is 11.6 Å². The number of nitrogens with one attached hydrogen (secondary N) is 2. The van der Waals surface area contributed by atoms with Crippen LogP contribution in [0.1, 0.15) is 11.4 Å². The Balaban J connectivity index is 2.52. The third-order valence-corrected chi connectivity index (χ3v) is 2.68. The highest BCUT2D eigenvalue weighted by Crippen LogP contribution is 2.16. The highest BCUT2D eigenvalue weighted by atomic mass is 32.2. The largest absolute Gasteiger partial charge is 0.377 e. The lowest BCUT2D eigenvalue weighted by Gasteiger charge is -2.04. The first kappa shape index (κ1) is 12.4. The van der Waals surface area contributed by atoms with E-state index in [-0.39, 0.29) is 16.8 Å². The summed E-state index contributed by atoms with van der Waals surface area (Å²) < 4.78 is 0. The third-order valence-electron chi connectivity index (χ3n) is 1.87. The summed E-state index contributed by atoms with van der Waals surface area (Å²) in [5.74, 6) is 4.92. The number of amidine groups is 1. The molecule has 0 aliphatic rings. The predicted octanol–water partition coefficient (Wildman–Crippen LogP) is -0.113. The maximum Gasteiger partial charge on any atom is 0.234 e. The molecule has 6 N–H and O–H groups in total. The molecule has 16 heavy (non-hydrogen) atoms. The van der Waals surface area contributed by atoms with E-state index < -0.39 is 0 Å². The molecule has 88 valence electrons. The van der Waals surface area contributed by atoms with Gasteiger partial charge in [-0.25, -0.2) is 0 Å². The monoisotopic (exact) mass is 242 g/mol. The van der Waals surface area contributed by atoms with Gasteiger partial charge >= 0.3 is 0 Å². The van der Waals surface area contributed by atoms with Crippen LogP contribution in [0.15, 0.2) is 5.10 Å². The topological polar surface area (TPSA) is 122 Å². The van der Waals surface area contributed by atoms with E-state index in [9.17, 15) is 4.79 Å². The molecule has 0 unspecified atom stereocenters. The van der Waals surface area contributed by atoms with Gasteiger partial charge in [0.15, 0.2) is 5.17 Å². The average molecular weight is 242 g/mol. The molecule has 1 rings (SSSR count). The molecule has 1 aromatic rings. The van der Waals surface area contributed by atoms with Crippen molar-refractivity contribution < 1.29 is 4.79 Å². The number of amides is 1. The van der Waals surface area contributed by atoms with Gasteiger partial charge in [-0.2, -0.15) is 10.2 Å². The zero-order valence-electron chi connectivity index (χ0n) is 9.07. The van der Waals surface area contributed by atoms with Gasteiger partial charge in [-0.05, 0) is 13.8 Å². The average Bonchev–Trinajstić information content (AvgIpc) is 2.57. The normalized spacial score (nSPS) is 11.5. The van der Waals surface area contributed by atoms with Crippen molar-refractivity contribution in [3.05, 3.63) is 11.4 Å². The molecule has 0 fully saturated rings. The van der Waals surface area contributed by atoms with E-state index in [0.29, 0.717) is 5.69 Å². The van der Waals surface area contributed by atoms with Gasteiger partial charge in [-0.3, -0.25) is 9.89 Å². The van der Waals surface area contributed by atoms with Crippen LogP contribution in [0.25, 0.3) is 0 Å². The van der Waals surface area contributed by atoms with Gasteiger partial charge < -0.3 is 16.9 Å². The van der Waals surface area contributed by atoms with Gasteiger partial charge in [-0.1, -0.05) is 11.8 Å². The van der Waals surface area contributed by atoms with Crippen molar-refractivity contribution in [3.8, 4) is 0 Å². The number of aromatic amines is 1. The van der Waals surface area contributed by atoms with Gasteiger partial charge in [0.1, 0.15) is 0 Å². The molecule has 7 nitrogen and oxygen atoms in total. The molecule has 0 aromatic carbocycles. The Kier molecular flexibility index (Phi) is 4.18. The molecule has 0 saturated heterocycles. The highest BCUT2D eigenvalue weighted by Gasteiger charge is 2.10. The molecule has 1 amide bonds. The zero-order chi connectivity index (χ0) is 12.1. The molecule has 0 atom stereocenters. The van der Waals surface area contributed by atoms with Crippen molar-refractivity contribution >= 4 is 28.5 Å². The second-order valence-corrected chi connectivity index (χ2v) is 4.11. The van der Waals surface area contributed by atoms with Crippen LogP contribution in [0, 0.1) is 13.8 Å². The number of aromatic nitrogens is 2. The van der Waals surface area contributed by atoms with E-state index in [1.54, 1.807) is 0 Å². The Morgan fingerprint density at radius 1 is 1.62 bits per heavy atom. The summed E-state index contributed by atoms with van der Waals surface area (Å²) in [4.78, 5) is 11.5. The van der Waals surface area contributed by atoms with Crippen molar-refractivity contribution in [2.24, 2.45) is 16.7 Å². The quantitative estimate of drug-likeness (QED) is 0.255. The van der Waals surface area contributed by atoms with Crippen LogP contribution in [0.2, 0.25) is 0 Å². The molecule has 0 saturated carbocycles. The standard InChI is InChI=1S/C8H14N6OS/c1-4-7(5(2)14-13-4)11-6(15)3-16-8(9)12-10/h3,10H2,1-2H3,(H2,9,12)(H,11,15)(H,13,14). The number of H-pyrrole nitrogens is 1. The number of hydrazone groups is 1. The lowest BCUT2D eigenvalue weighted by molar-refractivity contribution is -0.113. The lowest BCUT2D eigenvalue weighted by Crippen LogP contribution is -2.19. The summed E-state index contributed by atoms with van der Waals surface area (Å²) in [6, 6.07) is 0. The molecule has 1 aromatic heterocycles. The number of carbonyl (C=O) groups is 1. The Morgan fingerprint density at radius 3 is 2.81 bits per heavy atom. The fourth-order valence-corrected chi connectivity index (χ4v) is 1.51. The van der Waals surface area contributed by atoms with Gasteiger partial charge in [0.25, 0.3) is 0 Å². The number of nitrogens with two attached hydrogens (primary N) is 2. The molecule has 8 heteroatoms. The number of anilines is 1. The summed E-state index contributed by atoms with van der Waals surface area (Å²) in [6.07, 6.45) is 0. The van der Waals surface area contributed by atoms with E-state index in [1.807, 2.05) is 13.8 Å². The van der Waals surface area contributed by atoms with Gasteiger partial charge in [0, 0.05) is 0 Å². The number of aryl methyl sites for hydroxylation is 2. The van der Waals surface area contributed by atoms with Gasteiger partial charge in [0.2, 0.25) is 5.91 Å². The first-order valence-corrected chi connectivity index (χ1v) is 5.50. The fourth-order valence-electron chi connectivity index (χ4n) is 1.09. The highest BCUT2D eigenvalue weighted by molar-refractivity contribution is 8.14. The number of carbonyl (C=O) groups excluding carboxylic acids is 1. The van der Waals surface area contributed by atoms with Crippen LogP contribution >= 0.6 is 11.8 Å². The molecular weight excluding hydrogens is 228 g/mol. The Morgan fingerprint density at radius 2 is 2.31 bits per heavy atom. The lowest BCUT2D eigenvalue weighted by atomic mass is 10.3. The Bertz CT molecular complexity index is 393. The summed E-state index contributed by atoms with van der Waals surface area (Å²) in [5, 5.41) is 12.9. The van der Waals surface area contributed by atoms with Crippen molar-refractivity contribution in [3.63, 3.8) is 0 Å². The number of rotatable bonds is 3. The minimum absolute atomic E-state index is 0.163. The smallest absolute Gasteiger partial charge is 0.234 e. The Hall–Kier alpha value is -1.70. The van der Waals surface area contributed by atoms with Gasteiger partial charge in [0.05, 0.1) is 22.8 Å². The molecule has 0 aliphatic heterocycles. The number of thioether (sulfide) groups is 1. The van der Waals surface area contributed by atoms with Crippen LogP contribution in [-0.2, 0) is 4.79 Å². The van der Waals surface area contributed by atoms with Gasteiger partial charge in [-0.15, -0.1) is 0 Å².